The van der Waals surface area contributed by atoms with Gasteiger partial charge in [0, 0.05) is 24.7 Å². The van der Waals surface area contributed by atoms with E-state index in [-0.39, 0.29) is 5.41 Å². The van der Waals surface area contributed by atoms with Crippen molar-refractivity contribution in [3.63, 3.8) is 0 Å². The van der Waals surface area contributed by atoms with Crippen molar-refractivity contribution in [3.8, 4) is 0 Å². The highest BCUT2D eigenvalue weighted by Crippen LogP contribution is 2.23. The summed E-state index contributed by atoms with van der Waals surface area (Å²) in [6, 6.07) is 0.691. The van der Waals surface area contributed by atoms with Crippen LogP contribution in [0.1, 0.15) is 39.5 Å². The number of nitrogens with zero attached hydrogens (tertiary/aromatic N) is 1. The molecule has 0 aromatic rings. The minimum absolute atomic E-state index is 0.00809. The molecule has 0 atom stereocenters. The fourth-order valence-corrected chi connectivity index (χ4v) is 2.30. The Balaban J connectivity index is 2.23. The van der Waals surface area contributed by atoms with Crippen molar-refractivity contribution in [1.29, 1.82) is 0 Å². The molecule has 0 bridgehead atoms. The maximum Gasteiger partial charge on any atom is 0.0784 e. The van der Waals surface area contributed by atoms with Crippen LogP contribution in [0.2, 0.25) is 0 Å². The van der Waals surface area contributed by atoms with Gasteiger partial charge in [0.1, 0.15) is 0 Å². The Bertz CT molecular complexity index is 250. The summed E-state index contributed by atoms with van der Waals surface area (Å²) in [5.41, 5.74) is 5.72. The lowest BCUT2D eigenvalue weighted by molar-refractivity contribution is 0.0422. The van der Waals surface area contributed by atoms with Gasteiger partial charge in [0.05, 0.1) is 4.99 Å². The predicted octanol–water partition coefficient (Wildman–Crippen LogP) is 2.19. The highest BCUT2D eigenvalue weighted by Gasteiger charge is 2.22. The standard InChI is InChI=1S/C13H26N2OS/c1-13(2,12(14)17)7-4-8-15(3)11-5-9-16-10-6-11/h11H,4-10H2,1-3H3,(H2,14,17). The van der Waals surface area contributed by atoms with E-state index in [1.165, 1.54) is 0 Å². The smallest absolute Gasteiger partial charge is 0.0784 e. The van der Waals surface area contributed by atoms with Crippen LogP contribution in [0.3, 0.4) is 0 Å². The summed E-state index contributed by atoms with van der Waals surface area (Å²) in [5, 5.41) is 0. The summed E-state index contributed by atoms with van der Waals surface area (Å²) in [5.74, 6) is 0. The number of ether oxygens (including phenoxy) is 1. The van der Waals surface area contributed by atoms with Crippen molar-refractivity contribution in [3.05, 3.63) is 0 Å². The summed E-state index contributed by atoms with van der Waals surface area (Å²) < 4.78 is 5.38. The van der Waals surface area contributed by atoms with E-state index in [4.69, 9.17) is 22.7 Å². The van der Waals surface area contributed by atoms with E-state index in [2.05, 4.69) is 25.8 Å². The first-order chi connectivity index (χ1) is 7.93. The summed E-state index contributed by atoms with van der Waals surface area (Å²) in [7, 11) is 2.21. The van der Waals surface area contributed by atoms with Crippen LogP contribution >= 0.6 is 12.2 Å². The van der Waals surface area contributed by atoms with Gasteiger partial charge in [-0.25, -0.2) is 0 Å². The molecular weight excluding hydrogens is 232 g/mol. The van der Waals surface area contributed by atoms with Gasteiger partial charge in [-0.05, 0) is 39.3 Å². The topological polar surface area (TPSA) is 38.5 Å². The Kier molecular flexibility index (Phi) is 5.83. The van der Waals surface area contributed by atoms with Crippen molar-refractivity contribution in [1.82, 2.24) is 4.90 Å². The molecule has 1 aliphatic rings. The zero-order valence-corrected chi connectivity index (χ0v) is 12.2. The molecule has 0 spiro atoms. The maximum absolute atomic E-state index is 5.73. The molecule has 0 aromatic heterocycles. The SMILES string of the molecule is CN(CCCC(C)(C)C(N)=S)C1CCOCC1. The molecule has 17 heavy (non-hydrogen) atoms. The van der Waals surface area contributed by atoms with Gasteiger partial charge in [0.15, 0.2) is 0 Å². The summed E-state index contributed by atoms with van der Waals surface area (Å²) >= 11 is 5.08. The summed E-state index contributed by atoms with van der Waals surface area (Å²) in [6.45, 7) is 7.20. The highest BCUT2D eigenvalue weighted by atomic mass is 32.1. The Morgan fingerprint density at radius 3 is 2.53 bits per heavy atom. The van der Waals surface area contributed by atoms with Crippen molar-refractivity contribution in [2.45, 2.75) is 45.6 Å². The van der Waals surface area contributed by atoms with Gasteiger partial charge < -0.3 is 15.4 Å². The molecule has 1 heterocycles. The van der Waals surface area contributed by atoms with E-state index >= 15 is 0 Å². The molecule has 100 valence electrons. The van der Waals surface area contributed by atoms with Gasteiger partial charge in [-0.2, -0.15) is 0 Å². The predicted molar refractivity (Wildman–Crippen MR) is 76.3 cm³/mol. The third-order valence-electron chi connectivity index (χ3n) is 3.79. The molecule has 2 N–H and O–H groups in total. The van der Waals surface area contributed by atoms with Crippen molar-refractivity contribution < 1.29 is 4.74 Å². The second kappa shape index (κ2) is 6.66. The molecule has 0 unspecified atom stereocenters. The van der Waals surface area contributed by atoms with Gasteiger partial charge in [-0.15, -0.1) is 0 Å². The molecule has 0 radical (unpaired) electrons. The van der Waals surface area contributed by atoms with Crippen LogP contribution in [0.4, 0.5) is 0 Å². The van der Waals surface area contributed by atoms with E-state index in [0.29, 0.717) is 11.0 Å². The zero-order valence-electron chi connectivity index (χ0n) is 11.4. The van der Waals surface area contributed by atoms with Crippen molar-refractivity contribution in [2.75, 3.05) is 26.8 Å². The van der Waals surface area contributed by atoms with Crippen LogP contribution in [0.25, 0.3) is 0 Å². The Morgan fingerprint density at radius 1 is 1.41 bits per heavy atom. The lowest BCUT2D eigenvalue weighted by Crippen LogP contribution is -2.38. The van der Waals surface area contributed by atoms with Crippen LogP contribution in [0, 0.1) is 5.41 Å². The normalized spacial score (nSPS) is 18.6. The average Bonchev–Trinajstić information content (AvgIpc) is 2.29. The lowest BCUT2D eigenvalue weighted by Gasteiger charge is -2.32. The number of nitrogens with two attached hydrogens (primary N) is 1. The number of hydrogen-bond acceptors (Lipinski definition) is 3. The largest absolute Gasteiger partial charge is 0.393 e. The number of hydrogen-bond donors (Lipinski definition) is 1. The van der Waals surface area contributed by atoms with Gasteiger partial charge in [0.2, 0.25) is 0 Å². The third-order valence-corrected chi connectivity index (χ3v) is 4.35. The molecule has 0 amide bonds. The zero-order chi connectivity index (χ0) is 12.9. The first-order valence-corrected chi connectivity index (χ1v) is 6.92. The monoisotopic (exact) mass is 258 g/mol. The first-order valence-electron chi connectivity index (χ1n) is 6.51. The van der Waals surface area contributed by atoms with E-state index in [0.717, 1.165) is 45.4 Å². The van der Waals surface area contributed by atoms with Crippen molar-refractivity contribution >= 4 is 17.2 Å². The molecular formula is C13H26N2OS. The van der Waals surface area contributed by atoms with Gasteiger partial charge in [-0.3, -0.25) is 0 Å². The van der Waals surface area contributed by atoms with Crippen LogP contribution in [0.5, 0.6) is 0 Å². The highest BCUT2D eigenvalue weighted by molar-refractivity contribution is 7.80. The Labute approximate surface area is 111 Å². The average molecular weight is 258 g/mol. The van der Waals surface area contributed by atoms with E-state index in [9.17, 15) is 0 Å². The molecule has 1 saturated heterocycles. The van der Waals surface area contributed by atoms with Gasteiger partial charge in [0.25, 0.3) is 0 Å². The fourth-order valence-electron chi connectivity index (χ4n) is 2.20. The van der Waals surface area contributed by atoms with Crippen LogP contribution in [-0.4, -0.2) is 42.7 Å². The van der Waals surface area contributed by atoms with Gasteiger partial charge >= 0.3 is 0 Å². The molecule has 1 fully saturated rings. The Morgan fingerprint density at radius 2 is 2.00 bits per heavy atom. The first kappa shape index (κ1) is 14.9. The van der Waals surface area contributed by atoms with Crippen molar-refractivity contribution in [2.24, 2.45) is 11.1 Å². The molecule has 0 saturated carbocycles. The second-order valence-electron chi connectivity index (χ2n) is 5.68. The van der Waals surface area contributed by atoms with Gasteiger partial charge in [-0.1, -0.05) is 26.1 Å². The number of rotatable bonds is 6. The number of thiocarbonyl (C=S) groups is 1. The molecule has 0 aliphatic carbocycles. The second-order valence-corrected chi connectivity index (χ2v) is 6.12. The summed E-state index contributed by atoms with van der Waals surface area (Å²) in [6.07, 6.45) is 4.54. The van der Waals surface area contributed by atoms with E-state index < -0.39 is 0 Å². The minimum atomic E-state index is -0.00809. The quantitative estimate of drug-likeness (QED) is 0.741. The van der Waals surface area contributed by atoms with Crippen LogP contribution in [-0.2, 0) is 4.74 Å². The fraction of sp³-hybridized carbons (Fsp3) is 0.923. The lowest BCUT2D eigenvalue weighted by atomic mass is 9.88. The molecule has 0 aromatic carbocycles. The molecule has 1 aliphatic heterocycles. The van der Waals surface area contributed by atoms with Crippen LogP contribution < -0.4 is 5.73 Å². The summed E-state index contributed by atoms with van der Waals surface area (Å²) in [4.78, 5) is 3.09. The molecule has 3 nitrogen and oxygen atoms in total. The Hall–Kier alpha value is -0.190. The van der Waals surface area contributed by atoms with Crippen LogP contribution in [0.15, 0.2) is 0 Å². The maximum atomic E-state index is 5.73. The third kappa shape index (κ3) is 4.90. The van der Waals surface area contributed by atoms with E-state index in [1.54, 1.807) is 0 Å². The molecule has 1 rings (SSSR count). The minimum Gasteiger partial charge on any atom is -0.393 e. The molecule has 4 heteroatoms. The van der Waals surface area contributed by atoms with E-state index in [1.807, 2.05) is 0 Å².